The van der Waals surface area contributed by atoms with Crippen molar-refractivity contribution in [2.45, 2.75) is 40.2 Å². The highest BCUT2D eigenvalue weighted by molar-refractivity contribution is 9.11. The first-order chi connectivity index (χ1) is 9.61. The van der Waals surface area contributed by atoms with E-state index in [0.717, 1.165) is 31.7 Å². The van der Waals surface area contributed by atoms with Crippen LogP contribution in [0.1, 0.15) is 35.2 Å². The molecule has 5 heteroatoms. The number of hydrogen-bond acceptors (Lipinski definition) is 3. The highest BCUT2D eigenvalue weighted by atomic mass is 79.9. The van der Waals surface area contributed by atoms with E-state index in [1.165, 1.54) is 26.3 Å². The van der Waals surface area contributed by atoms with Gasteiger partial charge in [-0.05, 0) is 73.4 Å². The second kappa shape index (κ2) is 7.38. The Morgan fingerprint density at radius 1 is 1.30 bits per heavy atom. The van der Waals surface area contributed by atoms with E-state index in [1.54, 1.807) is 11.3 Å². The largest absolute Gasteiger partial charge is 0.316 e. The van der Waals surface area contributed by atoms with Gasteiger partial charge in [0, 0.05) is 10.6 Å². The fourth-order valence-electron chi connectivity index (χ4n) is 2.35. The molecule has 0 aliphatic rings. The number of nitrogens with one attached hydrogen (secondary N) is 1. The van der Waals surface area contributed by atoms with Gasteiger partial charge in [0.25, 0.3) is 0 Å². The Labute approximate surface area is 133 Å². The van der Waals surface area contributed by atoms with E-state index >= 15 is 0 Å². The summed E-state index contributed by atoms with van der Waals surface area (Å²) >= 11 is 5.29. The first-order valence-electron chi connectivity index (χ1n) is 7.09. The third-order valence-corrected chi connectivity index (χ3v) is 5.05. The Bertz CT molecular complexity index is 559. The van der Waals surface area contributed by atoms with E-state index in [0.29, 0.717) is 0 Å². The minimum atomic E-state index is 0.866. The number of thiophene rings is 1. The number of aromatic nitrogens is 2. The van der Waals surface area contributed by atoms with E-state index in [-0.39, 0.29) is 0 Å². The average molecular weight is 356 g/mol. The zero-order valence-corrected chi connectivity index (χ0v) is 14.8. The molecule has 0 amide bonds. The van der Waals surface area contributed by atoms with Crippen molar-refractivity contribution in [3.8, 4) is 0 Å². The predicted molar refractivity (Wildman–Crippen MR) is 89.7 cm³/mol. The summed E-state index contributed by atoms with van der Waals surface area (Å²) in [5, 5.41) is 8.15. The van der Waals surface area contributed by atoms with Gasteiger partial charge in [0.05, 0.1) is 16.0 Å². The van der Waals surface area contributed by atoms with Crippen LogP contribution in [-0.2, 0) is 13.0 Å². The Morgan fingerprint density at radius 2 is 2.10 bits per heavy atom. The molecule has 0 aliphatic heterocycles. The van der Waals surface area contributed by atoms with Crippen LogP contribution >= 0.6 is 27.3 Å². The second-order valence-corrected chi connectivity index (χ2v) is 7.56. The van der Waals surface area contributed by atoms with E-state index in [1.807, 2.05) is 0 Å². The number of aryl methyl sites for hydroxylation is 1. The van der Waals surface area contributed by atoms with Crippen molar-refractivity contribution in [2.75, 3.05) is 13.1 Å². The average Bonchev–Trinajstić information content (AvgIpc) is 2.93. The third-order valence-electron chi connectivity index (χ3n) is 3.44. The molecule has 0 atom stereocenters. The lowest BCUT2D eigenvalue weighted by Gasteiger charge is -2.05. The van der Waals surface area contributed by atoms with Gasteiger partial charge in [0.2, 0.25) is 0 Å². The number of nitrogens with zero attached hydrogens (tertiary/aromatic N) is 2. The monoisotopic (exact) mass is 355 g/mol. The summed E-state index contributed by atoms with van der Waals surface area (Å²) < 4.78 is 3.31. The van der Waals surface area contributed by atoms with E-state index in [2.05, 4.69) is 58.8 Å². The molecule has 0 unspecified atom stereocenters. The number of rotatable bonds is 7. The summed E-state index contributed by atoms with van der Waals surface area (Å²) in [5.74, 6) is 0. The minimum absolute atomic E-state index is 0.866. The molecule has 2 heterocycles. The Morgan fingerprint density at radius 3 is 2.75 bits per heavy atom. The molecule has 110 valence electrons. The number of halogens is 1. The van der Waals surface area contributed by atoms with Crippen molar-refractivity contribution in [1.82, 2.24) is 15.1 Å². The molecule has 0 radical (unpaired) electrons. The summed E-state index contributed by atoms with van der Waals surface area (Å²) in [6.07, 6.45) is 2.25. The van der Waals surface area contributed by atoms with Crippen LogP contribution in [-0.4, -0.2) is 22.9 Å². The van der Waals surface area contributed by atoms with Crippen molar-refractivity contribution < 1.29 is 0 Å². The van der Waals surface area contributed by atoms with E-state index in [9.17, 15) is 0 Å². The van der Waals surface area contributed by atoms with Gasteiger partial charge < -0.3 is 5.32 Å². The van der Waals surface area contributed by atoms with Crippen LogP contribution in [0.15, 0.2) is 15.9 Å². The van der Waals surface area contributed by atoms with Crippen molar-refractivity contribution in [2.24, 2.45) is 0 Å². The molecule has 0 saturated heterocycles. The van der Waals surface area contributed by atoms with Crippen LogP contribution in [0.4, 0.5) is 0 Å². The fourth-order valence-corrected chi connectivity index (χ4v) is 3.81. The summed E-state index contributed by atoms with van der Waals surface area (Å²) in [6, 6.07) is 4.26. The van der Waals surface area contributed by atoms with Gasteiger partial charge in [0.15, 0.2) is 0 Å². The molecule has 0 spiro atoms. The van der Waals surface area contributed by atoms with Crippen molar-refractivity contribution in [3.05, 3.63) is 37.7 Å². The molecule has 2 aromatic rings. The maximum absolute atomic E-state index is 4.69. The van der Waals surface area contributed by atoms with Crippen LogP contribution in [0.3, 0.4) is 0 Å². The summed E-state index contributed by atoms with van der Waals surface area (Å²) in [4.78, 5) is 1.33. The molecule has 0 aromatic carbocycles. The quantitative estimate of drug-likeness (QED) is 0.763. The van der Waals surface area contributed by atoms with Crippen LogP contribution < -0.4 is 5.32 Å². The summed E-state index contributed by atoms with van der Waals surface area (Å²) in [5.41, 5.74) is 3.85. The zero-order chi connectivity index (χ0) is 14.5. The molecule has 20 heavy (non-hydrogen) atoms. The van der Waals surface area contributed by atoms with Gasteiger partial charge in [-0.25, -0.2) is 0 Å². The Kier molecular flexibility index (Phi) is 5.81. The van der Waals surface area contributed by atoms with Gasteiger partial charge >= 0.3 is 0 Å². The molecule has 0 saturated carbocycles. The normalized spacial score (nSPS) is 11.2. The van der Waals surface area contributed by atoms with Gasteiger partial charge in [-0.1, -0.05) is 6.92 Å². The Balaban J connectivity index is 2.04. The summed E-state index contributed by atoms with van der Waals surface area (Å²) in [7, 11) is 0. The zero-order valence-electron chi connectivity index (χ0n) is 12.4. The van der Waals surface area contributed by atoms with Crippen LogP contribution in [0.25, 0.3) is 0 Å². The topological polar surface area (TPSA) is 29.9 Å². The lowest BCUT2D eigenvalue weighted by molar-refractivity contribution is 0.657. The molecule has 2 aromatic heterocycles. The lowest BCUT2D eigenvalue weighted by atomic mass is 10.1. The molecule has 0 fully saturated rings. The van der Waals surface area contributed by atoms with E-state index in [4.69, 9.17) is 5.10 Å². The first-order valence-corrected chi connectivity index (χ1v) is 8.70. The standard InChI is InChI=1S/C15H22BrN3S/c1-4-8-17-9-7-14-11(2)18-19(12(14)3)10-13-5-6-15(16)20-13/h5-6,17H,4,7-10H2,1-3H3. The molecular weight excluding hydrogens is 334 g/mol. The van der Waals surface area contributed by atoms with Crippen LogP contribution in [0.5, 0.6) is 0 Å². The van der Waals surface area contributed by atoms with Gasteiger partial charge in [-0.3, -0.25) is 4.68 Å². The van der Waals surface area contributed by atoms with Gasteiger partial charge in [-0.2, -0.15) is 5.10 Å². The molecule has 2 rings (SSSR count). The number of hydrogen-bond donors (Lipinski definition) is 1. The van der Waals surface area contributed by atoms with Gasteiger partial charge in [-0.15, -0.1) is 11.3 Å². The van der Waals surface area contributed by atoms with E-state index < -0.39 is 0 Å². The fraction of sp³-hybridized carbons (Fsp3) is 0.533. The van der Waals surface area contributed by atoms with Crippen molar-refractivity contribution >= 4 is 27.3 Å². The lowest BCUT2D eigenvalue weighted by Crippen LogP contribution is -2.18. The highest BCUT2D eigenvalue weighted by Crippen LogP contribution is 2.24. The molecule has 3 nitrogen and oxygen atoms in total. The third kappa shape index (κ3) is 3.93. The van der Waals surface area contributed by atoms with Crippen molar-refractivity contribution in [3.63, 3.8) is 0 Å². The molecule has 0 aliphatic carbocycles. The van der Waals surface area contributed by atoms with Gasteiger partial charge in [0.1, 0.15) is 0 Å². The Hall–Kier alpha value is -0.650. The van der Waals surface area contributed by atoms with Crippen molar-refractivity contribution in [1.29, 1.82) is 0 Å². The maximum atomic E-state index is 4.69. The molecule has 1 N–H and O–H groups in total. The molecule has 0 bridgehead atoms. The first kappa shape index (κ1) is 15.7. The maximum Gasteiger partial charge on any atom is 0.0755 e. The van der Waals surface area contributed by atoms with Crippen LogP contribution in [0, 0.1) is 13.8 Å². The minimum Gasteiger partial charge on any atom is -0.316 e. The molecular formula is C15H22BrN3S. The predicted octanol–water partition coefficient (Wildman–Crippen LogP) is 3.91. The second-order valence-electron chi connectivity index (χ2n) is 5.01. The SMILES string of the molecule is CCCNCCc1c(C)nn(Cc2ccc(Br)s2)c1C. The smallest absolute Gasteiger partial charge is 0.0755 e. The highest BCUT2D eigenvalue weighted by Gasteiger charge is 2.12. The van der Waals surface area contributed by atoms with Crippen LogP contribution in [0.2, 0.25) is 0 Å². The summed E-state index contributed by atoms with van der Waals surface area (Å²) in [6.45, 7) is 9.48.